The third kappa shape index (κ3) is 6.47. The fourth-order valence-electron chi connectivity index (χ4n) is 3.50. The van der Waals surface area contributed by atoms with Crippen molar-refractivity contribution in [2.24, 2.45) is 0 Å². The van der Waals surface area contributed by atoms with Gasteiger partial charge in [-0.3, -0.25) is 19.2 Å². The lowest BCUT2D eigenvalue weighted by Crippen LogP contribution is -2.29. The smallest absolute Gasteiger partial charge is 0.338 e. The summed E-state index contributed by atoms with van der Waals surface area (Å²) in [5.41, 5.74) is 1.26. The highest BCUT2D eigenvalue weighted by Gasteiger charge is 2.26. The second kappa shape index (κ2) is 12.9. The van der Waals surface area contributed by atoms with E-state index in [4.69, 9.17) is 9.47 Å². The summed E-state index contributed by atoms with van der Waals surface area (Å²) in [6.45, 7) is 0.234. The van der Waals surface area contributed by atoms with Crippen molar-refractivity contribution in [3.63, 3.8) is 0 Å². The third-order valence-electron chi connectivity index (χ3n) is 5.35. The molecular weight excluding hydrogens is 492 g/mol. The van der Waals surface area contributed by atoms with Crippen LogP contribution >= 0.6 is 0 Å². The van der Waals surface area contributed by atoms with Gasteiger partial charge in [0.1, 0.15) is 0 Å². The minimum Gasteiger partial charge on any atom is -0.462 e. The van der Waals surface area contributed by atoms with Crippen molar-refractivity contribution in [1.82, 2.24) is 0 Å². The second-order valence-electron chi connectivity index (χ2n) is 7.76. The Bertz CT molecular complexity index is 1160. The predicted octanol–water partition coefficient (Wildman–Crippen LogP) is 3.61. The van der Waals surface area contributed by atoms with Crippen LogP contribution in [0.2, 0.25) is 0 Å². The van der Waals surface area contributed by atoms with Crippen LogP contribution in [0.3, 0.4) is 0 Å². The maximum Gasteiger partial charge on any atom is 0.338 e. The Balaban J connectivity index is 0.00000253. The number of amides is 4. The molecular formula is C28H28N2O8. The number of imide groups is 2. The summed E-state index contributed by atoms with van der Waals surface area (Å²) >= 11 is 0. The zero-order valence-electron chi connectivity index (χ0n) is 18.9. The number of rotatable bonds is 9. The molecule has 0 unspecified atom stereocenters. The van der Waals surface area contributed by atoms with E-state index in [9.17, 15) is 28.8 Å². The molecule has 2 aromatic rings. The summed E-state index contributed by atoms with van der Waals surface area (Å²) in [6, 6.07) is 11.8. The van der Waals surface area contributed by atoms with Crippen LogP contribution in [-0.2, 0) is 28.7 Å². The number of carbonyl (C=O) groups is 6. The van der Waals surface area contributed by atoms with E-state index in [1.165, 1.54) is 72.8 Å². The van der Waals surface area contributed by atoms with Gasteiger partial charge < -0.3 is 9.47 Å². The van der Waals surface area contributed by atoms with E-state index in [0.29, 0.717) is 24.2 Å². The molecule has 0 bridgehead atoms. The molecule has 4 amide bonds. The average molecular weight is 521 g/mol. The van der Waals surface area contributed by atoms with Gasteiger partial charge in [-0.05, 0) is 61.4 Å². The highest BCUT2D eigenvalue weighted by atomic mass is 16.5. The summed E-state index contributed by atoms with van der Waals surface area (Å²) in [4.78, 5) is 73.2. The first-order valence-electron chi connectivity index (χ1n) is 11.0. The topological polar surface area (TPSA) is 127 Å². The van der Waals surface area contributed by atoms with Crippen LogP contribution < -0.4 is 9.80 Å². The van der Waals surface area contributed by atoms with E-state index in [1.807, 2.05) is 0 Å². The zero-order chi connectivity index (χ0) is 25.7. The standard InChI is InChI=1S/C26H20N2O8.2CH4/c29-21-11-12-22(30)27(21)19-7-3-17(4-8-19)25(33)35-15-1-2-16-36-26(34)18-5-9-20(10-6-18)28-23(31)13-14-24(28)32;;/h3-14H,1-2,15-16H2;2*1H4. The lowest BCUT2D eigenvalue weighted by molar-refractivity contribution is -0.121. The molecule has 0 aliphatic carbocycles. The van der Waals surface area contributed by atoms with Crippen LogP contribution in [0.5, 0.6) is 0 Å². The van der Waals surface area contributed by atoms with E-state index in [-0.39, 0.29) is 39.2 Å². The maximum atomic E-state index is 12.2. The molecule has 0 atom stereocenters. The van der Waals surface area contributed by atoms with Crippen LogP contribution in [0.4, 0.5) is 11.4 Å². The first-order chi connectivity index (χ1) is 17.3. The number of hydrogen-bond acceptors (Lipinski definition) is 8. The molecule has 10 heteroatoms. The van der Waals surface area contributed by atoms with Gasteiger partial charge in [0.15, 0.2) is 0 Å². The van der Waals surface area contributed by atoms with Crippen LogP contribution in [0.25, 0.3) is 0 Å². The van der Waals surface area contributed by atoms with Crippen molar-refractivity contribution >= 4 is 46.9 Å². The lowest BCUT2D eigenvalue weighted by atomic mass is 10.2. The highest BCUT2D eigenvalue weighted by molar-refractivity contribution is 6.28. The SMILES string of the molecule is C.C.O=C(OCCCCOC(=O)c1ccc(N2C(=O)C=CC2=O)cc1)c1ccc(N2C(=O)C=CC2=O)cc1. The van der Waals surface area contributed by atoms with Gasteiger partial charge in [0, 0.05) is 24.3 Å². The van der Waals surface area contributed by atoms with E-state index < -0.39 is 35.6 Å². The Labute approximate surface area is 220 Å². The van der Waals surface area contributed by atoms with Crippen LogP contribution in [0.1, 0.15) is 48.4 Å². The first kappa shape index (κ1) is 29.4. The van der Waals surface area contributed by atoms with Gasteiger partial charge in [-0.1, -0.05) is 14.9 Å². The predicted molar refractivity (Wildman–Crippen MR) is 139 cm³/mol. The van der Waals surface area contributed by atoms with E-state index in [1.54, 1.807) is 0 Å². The van der Waals surface area contributed by atoms with Gasteiger partial charge in [0.25, 0.3) is 23.6 Å². The Morgan fingerprint density at radius 1 is 0.526 bits per heavy atom. The van der Waals surface area contributed by atoms with Crippen molar-refractivity contribution < 1.29 is 38.2 Å². The maximum absolute atomic E-state index is 12.2. The molecule has 4 rings (SSSR count). The van der Waals surface area contributed by atoms with Gasteiger partial charge in [0.05, 0.1) is 35.7 Å². The summed E-state index contributed by atoms with van der Waals surface area (Å²) in [5.74, 6) is -2.88. The van der Waals surface area contributed by atoms with Crippen LogP contribution in [-0.4, -0.2) is 48.8 Å². The van der Waals surface area contributed by atoms with Gasteiger partial charge >= 0.3 is 11.9 Å². The van der Waals surface area contributed by atoms with Crippen LogP contribution in [0.15, 0.2) is 72.8 Å². The number of hydrogen-bond donors (Lipinski definition) is 0. The van der Waals surface area contributed by atoms with E-state index >= 15 is 0 Å². The van der Waals surface area contributed by atoms with Crippen molar-refractivity contribution in [3.05, 3.63) is 84.0 Å². The Morgan fingerprint density at radius 3 is 1.11 bits per heavy atom. The fourth-order valence-corrected chi connectivity index (χ4v) is 3.50. The summed E-state index contributed by atoms with van der Waals surface area (Å²) in [7, 11) is 0. The van der Waals surface area contributed by atoms with Gasteiger partial charge in [-0.15, -0.1) is 0 Å². The average Bonchev–Trinajstić information content (AvgIpc) is 3.40. The van der Waals surface area contributed by atoms with E-state index in [0.717, 1.165) is 9.80 Å². The Kier molecular flexibility index (Phi) is 9.98. The number of nitrogens with zero attached hydrogens (tertiary/aromatic N) is 2. The van der Waals surface area contributed by atoms with Gasteiger partial charge in [0.2, 0.25) is 0 Å². The monoisotopic (exact) mass is 520 g/mol. The van der Waals surface area contributed by atoms with E-state index in [2.05, 4.69) is 0 Å². The fraction of sp³-hybridized carbons (Fsp3) is 0.214. The number of anilines is 2. The normalized spacial score (nSPS) is 13.9. The molecule has 10 nitrogen and oxygen atoms in total. The Hall–Kier alpha value is -4.86. The molecule has 2 heterocycles. The molecule has 2 aromatic carbocycles. The zero-order valence-corrected chi connectivity index (χ0v) is 18.9. The Morgan fingerprint density at radius 2 is 0.816 bits per heavy atom. The minimum absolute atomic E-state index is 0. The minimum atomic E-state index is -0.555. The molecule has 0 aromatic heterocycles. The van der Waals surface area contributed by atoms with Crippen molar-refractivity contribution in [2.75, 3.05) is 23.0 Å². The molecule has 0 fully saturated rings. The summed E-state index contributed by atoms with van der Waals surface area (Å²) < 4.78 is 10.4. The lowest BCUT2D eigenvalue weighted by Gasteiger charge is -2.14. The van der Waals surface area contributed by atoms with Gasteiger partial charge in [-0.25, -0.2) is 19.4 Å². The number of esters is 2. The molecule has 38 heavy (non-hydrogen) atoms. The molecule has 0 saturated heterocycles. The molecule has 0 saturated carbocycles. The molecule has 2 aliphatic rings. The molecule has 2 aliphatic heterocycles. The van der Waals surface area contributed by atoms with Gasteiger partial charge in [-0.2, -0.15) is 0 Å². The number of unbranched alkanes of at least 4 members (excludes halogenated alkanes) is 1. The largest absolute Gasteiger partial charge is 0.462 e. The van der Waals surface area contributed by atoms with Crippen molar-refractivity contribution in [1.29, 1.82) is 0 Å². The summed E-state index contributed by atoms with van der Waals surface area (Å²) in [5, 5.41) is 0. The summed E-state index contributed by atoms with van der Waals surface area (Å²) in [6.07, 6.45) is 5.64. The third-order valence-corrected chi connectivity index (χ3v) is 5.35. The number of carbonyl (C=O) groups excluding carboxylic acids is 6. The molecule has 0 radical (unpaired) electrons. The number of benzene rings is 2. The first-order valence-corrected chi connectivity index (χ1v) is 11.0. The molecule has 198 valence electrons. The molecule has 0 N–H and O–H groups in total. The van der Waals surface area contributed by atoms with Crippen molar-refractivity contribution in [3.8, 4) is 0 Å². The highest BCUT2D eigenvalue weighted by Crippen LogP contribution is 2.21. The molecule has 0 spiro atoms. The van der Waals surface area contributed by atoms with Crippen LogP contribution in [0, 0.1) is 0 Å². The second-order valence-corrected chi connectivity index (χ2v) is 7.76. The number of ether oxygens (including phenoxy) is 2. The quantitative estimate of drug-likeness (QED) is 0.279. The van der Waals surface area contributed by atoms with Crippen molar-refractivity contribution in [2.45, 2.75) is 27.7 Å².